The van der Waals surface area contributed by atoms with Crippen molar-refractivity contribution in [1.29, 1.82) is 0 Å². The van der Waals surface area contributed by atoms with Crippen LogP contribution in [0, 0.1) is 0 Å². The quantitative estimate of drug-likeness (QED) is 0.619. The van der Waals surface area contributed by atoms with Crippen molar-refractivity contribution in [3.05, 3.63) is 35.0 Å². The highest BCUT2D eigenvalue weighted by Crippen LogP contribution is 2.29. The minimum absolute atomic E-state index is 0.0782. The second-order valence-corrected chi connectivity index (χ2v) is 8.13. The molecule has 0 spiro atoms. The van der Waals surface area contributed by atoms with E-state index in [9.17, 15) is 14.4 Å². The van der Waals surface area contributed by atoms with Crippen LogP contribution in [0.2, 0.25) is 0 Å². The number of aromatic amines is 1. The summed E-state index contributed by atoms with van der Waals surface area (Å²) in [5.74, 6) is -0.149. The van der Waals surface area contributed by atoms with E-state index < -0.39 is 0 Å². The molecule has 1 N–H and O–H groups in total. The van der Waals surface area contributed by atoms with E-state index >= 15 is 0 Å². The van der Waals surface area contributed by atoms with Gasteiger partial charge in [0, 0.05) is 67.6 Å². The first kappa shape index (κ1) is 22.8. The molecule has 1 aliphatic rings. The smallest absolute Gasteiger partial charge is 0.337 e. The molecule has 3 rings (SSSR count). The van der Waals surface area contributed by atoms with Crippen LogP contribution in [0.1, 0.15) is 67.6 Å². The molecule has 1 aromatic carbocycles. The number of rotatable bonds is 9. The molecule has 0 unspecified atom stereocenters. The number of carbonyl (C=O) groups excluding carboxylic acids is 3. The molecule has 0 aliphatic carbocycles. The van der Waals surface area contributed by atoms with Crippen molar-refractivity contribution in [2.24, 2.45) is 0 Å². The predicted molar refractivity (Wildman–Crippen MR) is 120 cm³/mol. The Balaban J connectivity index is 1.61. The van der Waals surface area contributed by atoms with Crippen molar-refractivity contribution in [2.45, 2.75) is 58.9 Å². The van der Waals surface area contributed by atoms with Crippen molar-refractivity contribution in [3.63, 3.8) is 0 Å². The Labute approximate surface area is 183 Å². The van der Waals surface area contributed by atoms with Gasteiger partial charge in [0.05, 0.1) is 12.7 Å². The van der Waals surface area contributed by atoms with Gasteiger partial charge in [-0.2, -0.15) is 0 Å². The van der Waals surface area contributed by atoms with E-state index in [0.29, 0.717) is 37.9 Å². The average Bonchev–Trinajstić information content (AvgIpc) is 3.15. The van der Waals surface area contributed by atoms with Gasteiger partial charge in [0.2, 0.25) is 11.8 Å². The number of benzene rings is 1. The molecule has 1 aromatic heterocycles. The van der Waals surface area contributed by atoms with Crippen molar-refractivity contribution >= 4 is 28.7 Å². The van der Waals surface area contributed by atoms with Crippen LogP contribution in [0.15, 0.2) is 18.2 Å². The monoisotopic (exact) mass is 427 g/mol. The second-order valence-electron chi connectivity index (χ2n) is 8.13. The van der Waals surface area contributed by atoms with Gasteiger partial charge < -0.3 is 19.5 Å². The number of methoxy groups -OCH3 is 1. The Morgan fingerprint density at radius 2 is 1.87 bits per heavy atom. The number of fused-ring (bicyclic) bond motifs is 3. The van der Waals surface area contributed by atoms with E-state index in [1.807, 2.05) is 21.9 Å². The Morgan fingerprint density at radius 1 is 1.13 bits per heavy atom. The number of ether oxygens (including phenoxy) is 1. The average molecular weight is 428 g/mol. The van der Waals surface area contributed by atoms with Gasteiger partial charge in [-0.3, -0.25) is 9.59 Å². The zero-order valence-electron chi connectivity index (χ0n) is 18.8. The lowest BCUT2D eigenvalue weighted by atomic mass is 10.0. The zero-order valence-corrected chi connectivity index (χ0v) is 18.8. The maximum Gasteiger partial charge on any atom is 0.337 e. The van der Waals surface area contributed by atoms with Crippen LogP contribution in [0.3, 0.4) is 0 Å². The summed E-state index contributed by atoms with van der Waals surface area (Å²) in [5, 5.41) is 0.959. The lowest BCUT2D eigenvalue weighted by Crippen LogP contribution is -2.36. The highest BCUT2D eigenvalue weighted by molar-refractivity contribution is 5.96. The molecular formula is C24H33N3O4. The van der Waals surface area contributed by atoms with E-state index in [1.54, 1.807) is 6.07 Å². The van der Waals surface area contributed by atoms with Crippen LogP contribution in [0.5, 0.6) is 0 Å². The van der Waals surface area contributed by atoms with Crippen LogP contribution in [0.4, 0.5) is 0 Å². The number of H-pyrrole nitrogens is 1. The summed E-state index contributed by atoms with van der Waals surface area (Å²) in [6.07, 6.45) is 4.02. The van der Waals surface area contributed by atoms with Gasteiger partial charge >= 0.3 is 5.97 Å². The third-order valence-electron chi connectivity index (χ3n) is 5.87. The molecule has 0 bridgehead atoms. The number of aromatic nitrogens is 1. The van der Waals surface area contributed by atoms with Gasteiger partial charge in [-0.25, -0.2) is 4.79 Å². The van der Waals surface area contributed by atoms with Crippen molar-refractivity contribution in [3.8, 4) is 0 Å². The number of esters is 1. The molecule has 2 aromatic rings. The summed E-state index contributed by atoms with van der Waals surface area (Å²) in [6.45, 7) is 6.89. The fraction of sp³-hybridized carbons (Fsp3) is 0.542. The van der Waals surface area contributed by atoms with Crippen molar-refractivity contribution < 1.29 is 19.1 Å². The van der Waals surface area contributed by atoms with Gasteiger partial charge in [0.15, 0.2) is 0 Å². The normalized spacial score (nSPS) is 13.2. The van der Waals surface area contributed by atoms with Gasteiger partial charge in [-0.05, 0) is 37.5 Å². The van der Waals surface area contributed by atoms with Crippen LogP contribution in [-0.4, -0.2) is 59.3 Å². The molecule has 2 heterocycles. The number of carbonyl (C=O) groups is 3. The first-order valence-corrected chi connectivity index (χ1v) is 11.3. The molecule has 0 radical (unpaired) electrons. The molecule has 0 fully saturated rings. The molecule has 31 heavy (non-hydrogen) atoms. The summed E-state index contributed by atoms with van der Waals surface area (Å²) in [5.41, 5.74) is 3.64. The summed E-state index contributed by atoms with van der Waals surface area (Å²) < 4.78 is 4.83. The predicted octanol–water partition coefficient (Wildman–Crippen LogP) is 3.66. The fourth-order valence-corrected chi connectivity index (χ4v) is 4.28. The third-order valence-corrected chi connectivity index (χ3v) is 5.87. The van der Waals surface area contributed by atoms with Crippen LogP contribution < -0.4 is 0 Å². The summed E-state index contributed by atoms with van der Waals surface area (Å²) in [6, 6.07) is 5.46. The number of amides is 2. The van der Waals surface area contributed by atoms with Gasteiger partial charge in [0.1, 0.15) is 0 Å². The molecule has 0 saturated heterocycles. The Morgan fingerprint density at radius 3 is 2.55 bits per heavy atom. The number of hydrogen-bond acceptors (Lipinski definition) is 4. The highest BCUT2D eigenvalue weighted by atomic mass is 16.5. The minimum Gasteiger partial charge on any atom is -0.465 e. The lowest BCUT2D eigenvalue weighted by molar-refractivity contribution is -0.133. The summed E-state index contributed by atoms with van der Waals surface area (Å²) in [7, 11) is 1.37. The molecule has 2 amide bonds. The SMILES string of the molecule is CCCN(CCC)C(=O)CCCC(=O)N1CCc2[nH]c3ccc(C(=O)OC)cc3c2C1. The maximum atomic E-state index is 12.8. The van der Waals surface area contributed by atoms with Gasteiger partial charge in [-0.1, -0.05) is 13.8 Å². The number of hydrogen-bond donors (Lipinski definition) is 1. The molecule has 1 aliphatic heterocycles. The highest BCUT2D eigenvalue weighted by Gasteiger charge is 2.24. The maximum absolute atomic E-state index is 12.8. The Hall–Kier alpha value is -2.83. The lowest BCUT2D eigenvalue weighted by Gasteiger charge is -2.27. The Bertz CT molecular complexity index is 944. The first-order valence-electron chi connectivity index (χ1n) is 11.3. The topological polar surface area (TPSA) is 82.7 Å². The standard InChI is InChI=1S/C24H33N3O4/c1-4-12-26(13-5-2)22(28)7-6-8-23(29)27-14-11-21-19(16-27)18-15-17(24(30)31-3)9-10-20(18)25-21/h9-10,15,25H,4-8,11-14,16H2,1-3H3. The molecule has 0 atom stereocenters. The van der Waals surface area contributed by atoms with Gasteiger partial charge in [-0.15, -0.1) is 0 Å². The largest absolute Gasteiger partial charge is 0.465 e. The number of nitrogens with one attached hydrogen (secondary N) is 1. The van der Waals surface area contributed by atoms with E-state index in [1.165, 1.54) is 7.11 Å². The van der Waals surface area contributed by atoms with E-state index in [2.05, 4.69) is 18.8 Å². The summed E-state index contributed by atoms with van der Waals surface area (Å²) in [4.78, 5) is 44.3. The Kier molecular flexibility index (Phi) is 7.71. The molecule has 168 valence electrons. The van der Waals surface area contributed by atoms with E-state index in [0.717, 1.165) is 54.5 Å². The van der Waals surface area contributed by atoms with Crippen molar-refractivity contribution in [1.82, 2.24) is 14.8 Å². The van der Waals surface area contributed by atoms with E-state index in [4.69, 9.17) is 4.74 Å². The second kappa shape index (κ2) is 10.5. The zero-order chi connectivity index (χ0) is 22.4. The van der Waals surface area contributed by atoms with Crippen LogP contribution >= 0.6 is 0 Å². The van der Waals surface area contributed by atoms with E-state index in [-0.39, 0.29) is 17.8 Å². The minimum atomic E-state index is -0.370. The fourth-order valence-electron chi connectivity index (χ4n) is 4.28. The van der Waals surface area contributed by atoms with Gasteiger partial charge in [0.25, 0.3) is 0 Å². The molecule has 7 heteroatoms. The van der Waals surface area contributed by atoms with Crippen LogP contribution in [-0.2, 0) is 27.3 Å². The van der Waals surface area contributed by atoms with Crippen LogP contribution in [0.25, 0.3) is 10.9 Å². The number of nitrogens with zero attached hydrogens (tertiary/aromatic N) is 2. The first-order chi connectivity index (χ1) is 15.0. The molecule has 0 saturated carbocycles. The van der Waals surface area contributed by atoms with Crippen molar-refractivity contribution in [2.75, 3.05) is 26.7 Å². The molecule has 7 nitrogen and oxygen atoms in total. The third kappa shape index (κ3) is 5.27. The summed E-state index contributed by atoms with van der Waals surface area (Å²) >= 11 is 0. The molecular weight excluding hydrogens is 394 g/mol.